The van der Waals surface area contributed by atoms with E-state index in [9.17, 15) is 19.4 Å². The molecule has 0 spiro atoms. The summed E-state index contributed by atoms with van der Waals surface area (Å²) in [5.74, 6) is 0.129. The maximum Gasteiger partial charge on any atom is 0.407 e. The topological polar surface area (TPSA) is 84.2 Å². The smallest absolute Gasteiger partial charge is 0.407 e. The average Bonchev–Trinajstić information content (AvgIpc) is 2.62. The molecule has 2 saturated heterocycles. The van der Waals surface area contributed by atoms with Gasteiger partial charge in [-0.2, -0.15) is 0 Å². The SMILES string of the molecule is O=C(O)N1CCC(O)(CC(O)N2CCC(c3ccc(F)cc3)CC2)CC1. The highest BCUT2D eigenvalue weighted by atomic mass is 19.1. The molecular weight excluding hydrogens is 339 g/mol. The van der Waals surface area contributed by atoms with E-state index in [0.717, 1.165) is 31.5 Å². The van der Waals surface area contributed by atoms with E-state index < -0.39 is 17.9 Å². The quantitative estimate of drug-likeness (QED) is 0.761. The van der Waals surface area contributed by atoms with Gasteiger partial charge in [-0.1, -0.05) is 12.1 Å². The number of aliphatic hydroxyl groups is 2. The predicted octanol–water partition coefficient (Wildman–Crippen LogP) is 2.22. The fraction of sp³-hybridized carbons (Fsp3) is 0.632. The van der Waals surface area contributed by atoms with Crippen molar-refractivity contribution in [2.75, 3.05) is 26.2 Å². The first kappa shape index (κ1) is 19.1. The van der Waals surface area contributed by atoms with E-state index in [4.69, 9.17) is 5.11 Å². The number of hydrogen-bond acceptors (Lipinski definition) is 4. The first-order valence-corrected chi connectivity index (χ1v) is 9.24. The minimum Gasteiger partial charge on any atom is -0.465 e. The Bertz CT molecular complexity index is 608. The van der Waals surface area contributed by atoms with Gasteiger partial charge in [-0.05, 0) is 49.3 Å². The van der Waals surface area contributed by atoms with Crippen LogP contribution in [-0.2, 0) is 0 Å². The molecule has 0 aromatic heterocycles. The Labute approximate surface area is 152 Å². The van der Waals surface area contributed by atoms with Gasteiger partial charge in [0.05, 0.1) is 5.60 Å². The van der Waals surface area contributed by atoms with Crippen molar-refractivity contribution < 1.29 is 24.5 Å². The molecule has 1 amide bonds. The Kier molecular flexibility index (Phi) is 5.79. The molecule has 0 aliphatic carbocycles. The number of halogens is 1. The second-order valence-electron chi connectivity index (χ2n) is 7.54. The summed E-state index contributed by atoms with van der Waals surface area (Å²) in [5.41, 5.74) is 0.110. The lowest BCUT2D eigenvalue weighted by Gasteiger charge is -2.41. The summed E-state index contributed by atoms with van der Waals surface area (Å²) in [6, 6.07) is 6.61. The monoisotopic (exact) mass is 366 g/mol. The molecule has 144 valence electrons. The van der Waals surface area contributed by atoms with Gasteiger partial charge in [-0.15, -0.1) is 0 Å². The summed E-state index contributed by atoms with van der Waals surface area (Å²) in [4.78, 5) is 14.2. The van der Waals surface area contributed by atoms with Crippen molar-refractivity contribution in [1.82, 2.24) is 9.80 Å². The van der Waals surface area contributed by atoms with Gasteiger partial charge in [0.15, 0.2) is 0 Å². The molecule has 2 aliphatic heterocycles. The molecule has 1 aromatic rings. The molecule has 26 heavy (non-hydrogen) atoms. The van der Waals surface area contributed by atoms with E-state index >= 15 is 0 Å². The number of nitrogens with zero attached hydrogens (tertiary/aromatic N) is 2. The molecule has 3 rings (SSSR count). The van der Waals surface area contributed by atoms with E-state index in [1.54, 1.807) is 0 Å². The van der Waals surface area contributed by atoms with Crippen LogP contribution in [0.15, 0.2) is 24.3 Å². The molecule has 2 aliphatic rings. The van der Waals surface area contributed by atoms with Crippen LogP contribution in [0.3, 0.4) is 0 Å². The number of piperidine rings is 2. The lowest BCUT2D eigenvalue weighted by atomic mass is 9.86. The lowest BCUT2D eigenvalue weighted by Crippen LogP contribution is -2.51. The average molecular weight is 366 g/mol. The number of likely N-dealkylation sites (tertiary alicyclic amines) is 2. The third kappa shape index (κ3) is 4.52. The number of carboxylic acid groups (broad SMARTS) is 1. The van der Waals surface area contributed by atoms with Crippen LogP contribution in [0.1, 0.15) is 43.6 Å². The molecule has 7 heteroatoms. The van der Waals surface area contributed by atoms with Crippen molar-refractivity contribution in [2.45, 2.75) is 49.9 Å². The maximum atomic E-state index is 13.0. The van der Waals surface area contributed by atoms with Crippen molar-refractivity contribution in [3.8, 4) is 0 Å². The van der Waals surface area contributed by atoms with Gasteiger partial charge in [-0.3, -0.25) is 4.90 Å². The van der Waals surface area contributed by atoms with Gasteiger partial charge in [0.25, 0.3) is 0 Å². The fourth-order valence-corrected chi connectivity index (χ4v) is 4.05. The van der Waals surface area contributed by atoms with Crippen molar-refractivity contribution in [3.05, 3.63) is 35.6 Å². The van der Waals surface area contributed by atoms with Crippen LogP contribution in [0.25, 0.3) is 0 Å². The summed E-state index contributed by atoms with van der Waals surface area (Å²) in [6.07, 6.45) is 1.01. The number of hydrogen-bond donors (Lipinski definition) is 3. The normalized spacial score (nSPS) is 23.0. The van der Waals surface area contributed by atoms with Gasteiger partial charge in [0.1, 0.15) is 12.0 Å². The van der Waals surface area contributed by atoms with Crippen molar-refractivity contribution in [3.63, 3.8) is 0 Å². The highest BCUT2D eigenvalue weighted by Crippen LogP contribution is 2.32. The van der Waals surface area contributed by atoms with Gasteiger partial charge < -0.3 is 20.2 Å². The zero-order valence-electron chi connectivity index (χ0n) is 14.9. The Morgan fingerprint density at radius 3 is 2.27 bits per heavy atom. The third-order valence-corrected chi connectivity index (χ3v) is 5.82. The zero-order valence-corrected chi connectivity index (χ0v) is 14.9. The molecule has 0 bridgehead atoms. The number of amides is 1. The number of rotatable bonds is 4. The van der Waals surface area contributed by atoms with Crippen LogP contribution in [0.4, 0.5) is 9.18 Å². The molecule has 3 N–H and O–H groups in total. The zero-order chi connectivity index (χ0) is 18.7. The summed E-state index contributed by atoms with van der Waals surface area (Å²) >= 11 is 0. The first-order valence-electron chi connectivity index (χ1n) is 9.24. The van der Waals surface area contributed by atoms with E-state index in [-0.39, 0.29) is 12.2 Å². The van der Waals surface area contributed by atoms with E-state index in [2.05, 4.69) is 0 Å². The lowest BCUT2D eigenvalue weighted by molar-refractivity contribution is -0.0972. The van der Waals surface area contributed by atoms with E-state index in [1.165, 1.54) is 17.0 Å². The van der Waals surface area contributed by atoms with Gasteiger partial charge in [0.2, 0.25) is 0 Å². The fourth-order valence-electron chi connectivity index (χ4n) is 4.05. The minimum atomic E-state index is -1.01. The van der Waals surface area contributed by atoms with Crippen LogP contribution >= 0.6 is 0 Å². The third-order valence-electron chi connectivity index (χ3n) is 5.82. The summed E-state index contributed by atoms with van der Waals surface area (Å²) < 4.78 is 13.0. The number of carbonyl (C=O) groups is 1. The Morgan fingerprint density at radius 2 is 1.73 bits per heavy atom. The molecule has 1 aromatic carbocycles. The molecular formula is C19H27FN2O4. The molecule has 0 radical (unpaired) electrons. The summed E-state index contributed by atoms with van der Waals surface area (Å²) in [7, 11) is 0. The highest BCUT2D eigenvalue weighted by Gasteiger charge is 2.37. The van der Waals surface area contributed by atoms with Gasteiger partial charge >= 0.3 is 6.09 Å². The van der Waals surface area contributed by atoms with Crippen molar-refractivity contribution in [1.29, 1.82) is 0 Å². The predicted molar refractivity (Wildman–Crippen MR) is 94.4 cm³/mol. The molecule has 2 fully saturated rings. The number of benzene rings is 1. The standard InChI is InChI=1S/C19H27FN2O4/c20-16-3-1-14(2-4-16)15-5-9-21(10-6-15)17(23)13-19(26)7-11-22(12-8-19)18(24)25/h1-4,15,17,23,26H,5-13H2,(H,24,25). The molecule has 1 unspecified atom stereocenters. The summed E-state index contributed by atoms with van der Waals surface area (Å²) in [5, 5.41) is 30.2. The first-order chi connectivity index (χ1) is 12.4. The Morgan fingerprint density at radius 1 is 1.15 bits per heavy atom. The second-order valence-corrected chi connectivity index (χ2v) is 7.54. The summed E-state index contributed by atoms with van der Waals surface area (Å²) in [6.45, 7) is 2.04. The molecule has 6 nitrogen and oxygen atoms in total. The van der Waals surface area contributed by atoms with E-state index in [0.29, 0.717) is 31.8 Å². The van der Waals surface area contributed by atoms with Crippen LogP contribution < -0.4 is 0 Å². The molecule has 0 saturated carbocycles. The van der Waals surface area contributed by atoms with Crippen LogP contribution in [0.2, 0.25) is 0 Å². The largest absolute Gasteiger partial charge is 0.465 e. The second kappa shape index (κ2) is 7.90. The maximum absolute atomic E-state index is 13.0. The van der Waals surface area contributed by atoms with Crippen molar-refractivity contribution >= 4 is 6.09 Å². The van der Waals surface area contributed by atoms with Crippen LogP contribution in [-0.4, -0.2) is 69.2 Å². The Hall–Kier alpha value is -1.70. The van der Waals surface area contributed by atoms with Crippen LogP contribution in [0, 0.1) is 5.82 Å². The molecule has 2 heterocycles. The van der Waals surface area contributed by atoms with E-state index in [1.807, 2.05) is 17.0 Å². The van der Waals surface area contributed by atoms with Gasteiger partial charge in [-0.25, -0.2) is 9.18 Å². The van der Waals surface area contributed by atoms with Crippen LogP contribution in [0.5, 0.6) is 0 Å². The Balaban J connectivity index is 1.48. The van der Waals surface area contributed by atoms with Gasteiger partial charge in [0, 0.05) is 32.6 Å². The highest BCUT2D eigenvalue weighted by molar-refractivity contribution is 5.65. The molecule has 1 atom stereocenters. The minimum absolute atomic E-state index is 0.233. The number of aliphatic hydroxyl groups excluding tert-OH is 1. The van der Waals surface area contributed by atoms with Crippen molar-refractivity contribution in [2.24, 2.45) is 0 Å².